The van der Waals surface area contributed by atoms with Crippen LogP contribution in [0.5, 0.6) is 0 Å². The average molecular weight is 348 g/mol. The fourth-order valence-electron chi connectivity index (χ4n) is 4.45. The molecule has 26 heavy (non-hydrogen) atoms. The second-order valence-corrected chi connectivity index (χ2v) is 7.21. The van der Waals surface area contributed by atoms with Gasteiger partial charge in [0, 0.05) is 60.6 Å². The van der Waals surface area contributed by atoms with E-state index in [1.165, 1.54) is 27.4 Å². The summed E-state index contributed by atoms with van der Waals surface area (Å²) in [6, 6.07) is 16.4. The van der Waals surface area contributed by atoms with Crippen molar-refractivity contribution in [2.24, 2.45) is 0 Å². The number of piperazine rings is 1. The van der Waals surface area contributed by atoms with Gasteiger partial charge >= 0.3 is 0 Å². The molecule has 3 heteroatoms. The summed E-state index contributed by atoms with van der Waals surface area (Å²) in [7, 11) is 0. The Bertz CT molecular complexity index is 902. The van der Waals surface area contributed by atoms with Gasteiger partial charge in [-0.15, -0.1) is 6.58 Å². The normalized spacial score (nSPS) is 17.0. The number of allylic oxidation sites excluding steroid dienone is 1. The summed E-state index contributed by atoms with van der Waals surface area (Å²) < 4.78 is 2.43. The smallest absolute Gasteiger partial charge is 0.0491 e. The number of rotatable bonds is 6. The van der Waals surface area contributed by atoms with Crippen molar-refractivity contribution in [3.8, 4) is 0 Å². The fourth-order valence-corrected chi connectivity index (χ4v) is 4.45. The lowest BCUT2D eigenvalue weighted by atomic mass is 9.97. The van der Waals surface area contributed by atoms with Gasteiger partial charge in [-0.1, -0.05) is 30.3 Å². The van der Waals surface area contributed by atoms with Crippen LogP contribution < -0.4 is 5.32 Å². The third-order valence-electron chi connectivity index (χ3n) is 5.73. The van der Waals surface area contributed by atoms with E-state index in [0.717, 1.165) is 45.6 Å². The quantitative estimate of drug-likeness (QED) is 0.651. The molecule has 1 aliphatic rings. The molecular weight excluding hydrogens is 318 g/mol. The number of aromatic nitrogens is 1. The molecule has 3 nitrogen and oxygen atoms in total. The van der Waals surface area contributed by atoms with Crippen molar-refractivity contribution in [3.63, 3.8) is 0 Å². The molecule has 2 heterocycles. The van der Waals surface area contributed by atoms with Gasteiger partial charge in [-0.2, -0.15) is 0 Å². The molecule has 1 saturated heterocycles. The molecule has 0 amide bonds. The van der Waals surface area contributed by atoms with Crippen LogP contribution in [0.3, 0.4) is 0 Å². The molecule has 1 fully saturated rings. The highest BCUT2D eigenvalue weighted by Gasteiger charge is 2.22. The Kier molecular flexibility index (Phi) is 5.09. The van der Waals surface area contributed by atoms with E-state index in [2.05, 4.69) is 76.8 Å². The summed E-state index contributed by atoms with van der Waals surface area (Å²) in [4.78, 5) is 2.64. The van der Waals surface area contributed by atoms with Gasteiger partial charge in [0.05, 0.1) is 0 Å². The highest BCUT2D eigenvalue weighted by atomic mass is 15.2. The first-order valence-corrected chi connectivity index (χ1v) is 9.90. The summed E-state index contributed by atoms with van der Waals surface area (Å²) in [6.45, 7) is 11.6. The molecule has 0 bridgehead atoms. The minimum Gasteiger partial charge on any atom is -0.341 e. The van der Waals surface area contributed by atoms with Gasteiger partial charge in [-0.25, -0.2) is 0 Å². The maximum Gasteiger partial charge on any atom is 0.0491 e. The first kappa shape index (κ1) is 17.3. The van der Waals surface area contributed by atoms with Crippen LogP contribution in [0.4, 0.5) is 0 Å². The number of nitrogens with zero attached hydrogens (tertiary/aromatic N) is 2. The van der Waals surface area contributed by atoms with Gasteiger partial charge in [-0.05, 0) is 43.5 Å². The molecule has 3 aromatic rings. The molecule has 0 saturated carbocycles. The Morgan fingerprint density at radius 2 is 1.85 bits per heavy atom. The molecule has 0 aliphatic carbocycles. The van der Waals surface area contributed by atoms with Crippen LogP contribution in [0.1, 0.15) is 31.4 Å². The van der Waals surface area contributed by atoms with E-state index in [-0.39, 0.29) is 0 Å². The predicted molar refractivity (Wildman–Crippen MR) is 112 cm³/mol. The van der Waals surface area contributed by atoms with Gasteiger partial charge in [-0.3, -0.25) is 4.90 Å². The number of fused-ring (bicyclic) bond motifs is 3. The van der Waals surface area contributed by atoms with Crippen molar-refractivity contribution in [1.82, 2.24) is 14.8 Å². The largest absolute Gasteiger partial charge is 0.341 e. The standard InChI is InChI=1S/C23H29N3/c1-3-5-9-21(25-15-13-24-14-16-25)18-11-12-23-20(17-18)19-8-6-7-10-22(19)26(23)4-2/h3,6-8,10-12,17,21,24H,1,4-5,9,13-16H2,2H3/t21-/m0/s1. The molecule has 2 aromatic carbocycles. The van der Waals surface area contributed by atoms with Crippen molar-refractivity contribution >= 4 is 21.8 Å². The summed E-state index contributed by atoms with van der Waals surface area (Å²) >= 11 is 0. The molecule has 136 valence electrons. The Labute approximate surface area is 156 Å². The lowest BCUT2D eigenvalue weighted by Gasteiger charge is -2.35. The molecule has 1 aliphatic heterocycles. The van der Waals surface area contributed by atoms with Crippen molar-refractivity contribution in [3.05, 3.63) is 60.7 Å². The van der Waals surface area contributed by atoms with Crippen LogP contribution in [-0.2, 0) is 6.54 Å². The van der Waals surface area contributed by atoms with Gasteiger partial charge < -0.3 is 9.88 Å². The third-order valence-corrected chi connectivity index (χ3v) is 5.73. The predicted octanol–water partition coefficient (Wildman–Crippen LogP) is 4.73. The molecule has 4 rings (SSSR count). The van der Waals surface area contributed by atoms with Crippen LogP contribution >= 0.6 is 0 Å². The maximum absolute atomic E-state index is 3.94. The van der Waals surface area contributed by atoms with Crippen molar-refractivity contribution < 1.29 is 0 Å². The molecule has 0 unspecified atom stereocenters. The van der Waals surface area contributed by atoms with Crippen molar-refractivity contribution in [2.75, 3.05) is 26.2 Å². The van der Waals surface area contributed by atoms with E-state index >= 15 is 0 Å². The number of para-hydroxylation sites is 1. The maximum atomic E-state index is 3.94. The molecule has 1 atom stereocenters. The number of hydrogen-bond donors (Lipinski definition) is 1. The van der Waals surface area contributed by atoms with Crippen molar-refractivity contribution in [1.29, 1.82) is 0 Å². The zero-order valence-corrected chi connectivity index (χ0v) is 15.7. The summed E-state index contributed by atoms with van der Waals surface area (Å²) in [6.07, 6.45) is 4.25. The van der Waals surface area contributed by atoms with Crippen LogP contribution in [0.2, 0.25) is 0 Å². The van der Waals surface area contributed by atoms with Crippen molar-refractivity contribution in [2.45, 2.75) is 32.4 Å². The monoisotopic (exact) mass is 347 g/mol. The average Bonchev–Trinajstić information content (AvgIpc) is 3.02. The second kappa shape index (κ2) is 7.65. The Hall–Kier alpha value is -2.10. The van der Waals surface area contributed by atoms with Crippen LogP contribution in [0, 0.1) is 0 Å². The van der Waals surface area contributed by atoms with Gasteiger partial charge in [0.1, 0.15) is 0 Å². The topological polar surface area (TPSA) is 20.2 Å². The summed E-state index contributed by atoms with van der Waals surface area (Å²) in [5.41, 5.74) is 4.13. The second-order valence-electron chi connectivity index (χ2n) is 7.21. The highest BCUT2D eigenvalue weighted by molar-refractivity contribution is 6.08. The minimum absolute atomic E-state index is 0.475. The first-order valence-electron chi connectivity index (χ1n) is 9.90. The first-order chi connectivity index (χ1) is 12.8. The lowest BCUT2D eigenvalue weighted by Crippen LogP contribution is -2.45. The number of benzene rings is 2. The SMILES string of the molecule is C=CCC[C@@H](c1ccc2c(c1)c1ccccc1n2CC)N1CCNCC1. The zero-order chi connectivity index (χ0) is 17.9. The van der Waals surface area contributed by atoms with Crippen LogP contribution in [-0.4, -0.2) is 35.6 Å². The Balaban J connectivity index is 1.81. The van der Waals surface area contributed by atoms with E-state index in [1.807, 2.05) is 0 Å². The van der Waals surface area contributed by atoms with Gasteiger partial charge in [0.2, 0.25) is 0 Å². The van der Waals surface area contributed by atoms with E-state index in [1.54, 1.807) is 0 Å². The molecule has 0 spiro atoms. The highest BCUT2D eigenvalue weighted by Crippen LogP contribution is 2.34. The van der Waals surface area contributed by atoms with Gasteiger partial charge in [0.15, 0.2) is 0 Å². The summed E-state index contributed by atoms with van der Waals surface area (Å²) in [5, 5.41) is 6.23. The van der Waals surface area contributed by atoms with E-state index in [4.69, 9.17) is 0 Å². The van der Waals surface area contributed by atoms with E-state index in [9.17, 15) is 0 Å². The number of aryl methyl sites for hydroxylation is 1. The number of hydrogen-bond acceptors (Lipinski definition) is 2. The molecular formula is C23H29N3. The molecule has 0 radical (unpaired) electrons. The van der Waals surface area contributed by atoms with Crippen LogP contribution in [0.25, 0.3) is 21.8 Å². The lowest BCUT2D eigenvalue weighted by molar-refractivity contribution is 0.166. The summed E-state index contributed by atoms with van der Waals surface area (Å²) in [5.74, 6) is 0. The van der Waals surface area contributed by atoms with Crippen LogP contribution in [0.15, 0.2) is 55.1 Å². The number of nitrogens with one attached hydrogen (secondary N) is 1. The fraction of sp³-hybridized carbons (Fsp3) is 0.391. The Morgan fingerprint density at radius 1 is 1.08 bits per heavy atom. The molecule has 1 N–H and O–H groups in total. The van der Waals surface area contributed by atoms with E-state index < -0.39 is 0 Å². The third kappa shape index (κ3) is 3.06. The van der Waals surface area contributed by atoms with E-state index in [0.29, 0.717) is 6.04 Å². The zero-order valence-electron chi connectivity index (χ0n) is 15.7. The van der Waals surface area contributed by atoms with Gasteiger partial charge in [0.25, 0.3) is 0 Å². The molecule has 1 aromatic heterocycles. The Morgan fingerprint density at radius 3 is 2.62 bits per heavy atom. The minimum atomic E-state index is 0.475.